The number of likely N-dealkylation sites (N-methyl/N-ethyl adjacent to an activating group) is 1. The number of halogens is 1. The first-order valence-corrected chi connectivity index (χ1v) is 7.61. The van der Waals surface area contributed by atoms with E-state index >= 15 is 0 Å². The number of urea groups is 1. The first-order chi connectivity index (χ1) is 10.7. The number of carbonyl (C=O) groups excluding carboxylic acids is 1. The Morgan fingerprint density at radius 2 is 2.09 bits per heavy atom. The number of nitrogens with one attached hydrogen (secondary N) is 1. The van der Waals surface area contributed by atoms with E-state index in [4.69, 9.17) is 11.6 Å². The van der Waals surface area contributed by atoms with Crippen molar-refractivity contribution in [1.82, 2.24) is 14.7 Å². The molecular formula is C16H21ClN4O2. The SMILES string of the molecule is Cc1cc(NC(=O)N(C)CC(C)(C)O)nn1-c1ccccc1Cl. The highest BCUT2D eigenvalue weighted by molar-refractivity contribution is 6.32. The standard InChI is InChI=1S/C16H21ClN4O2/c1-11-9-14(18-15(22)20(4)10-16(2,3)23)19-21(11)13-8-6-5-7-12(13)17/h5-9,23H,10H2,1-4H3,(H,18,19,22). The van der Waals surface area contributed by atoms with Crippen LogP contribution in [0.5, 0.6) is 0 Å². The molecule has 0 saturated carbocycles. The maximum Gasteiger partial charge on any atom is 0.322 e. The van der Waals surface area contributed by atoms with Crippen molar-refractivity contribution in [2.45, 2.75) is 26.4 Å². The Morgan fingerprint density at radius 3 is 2.70 bits per heavy atom. The number of aryl methyl sites for hydroxylation is 1. The molecule has 6 nitrogen and oxygen atoms in total. The van der Waals surface area contributed by atoms with E-state index in [0.717, 1.165) is 11.4 Å². The fraction of sp³-hybridized carbons (Fsp3) is 0.375. The van der Waals surface area contributed by atoms with E-state index < -0.39 is 5.60 Å². The van der Waals surface area contributed by atoms with Crippen molar-refractivity contribution in [2.24, 2.45) is 0 Å². The van der Waals surface area contributed by atoms with Crippen LogP contribution in [0, 0.1) is 6.92 Å². The molecule has 2 amide bonds. The zero-order valence-corrected chi connectivity index (χ0v) is 14.4. The van der Waals surface area contributed by atoms with Gasteiger partial charge in [-0.1, -0.05) is 23.7 Å². The second-order valence-corrected chi connectivity index (χ2v) is 6.54. The molecule has 1 heterocycles. The lowest BCUT2D eigenvalue weighted by Gasteiger charge is -2.25. The molecule has 7 heteroatoms. The highest BCUT2D eigenvalue weighted by Gasteiger charge is 2.20. The van der Waals surface area contributed by atoms with Crippen molar-refractivity contribution >= 4 is 23.4 Å². The minimum atomic E-state index is -0.959. The lowest BCUT2D eigenvalue weighted by molar-refractivity contribution is 0.0550. The minimum Gasteiger partial charge on any atom is -0.389 e. The number of hydrogen-bond acceptors (Lipinski definition) is 3. The summed E-state index contributed by atoms with van der Waals surface area (Å²) in [6.45, 7) is 5.38. The van der Waals surface area contributed by atoms with E-state index in [-0.39, 0.29) is 12.6 Å². The van der Waals surface area contributed by atoms with Crippen LogP contribution in [-0.4, -0.2) is 45.0 Å². The number of rotatable bonds is 4. The van der Waals surface area contributed by atoms with E-state index in [1.54, 1.807) is 37.7 Å². The summed E-state index contributed by atoms with van der Waals surface area (Å²) < 4.78 is 1.67. The van der Waals surface area contributed by atoms with E-state index in [1.165, 1.54) is 4.90 Å². The van der Waals surface area contributed by atoms with Gasteiger partial charge in [0.1, 0.15) is 0 Å². The van der Waals surface area contributed by atoms with Gasteiger partial charge in [-0.2, -0.15) is 0 Å². The number of carbonyl (C=O) groups is 1. The maximum absolute atomic E-state index is 12.1. The van der Waals surface area contributed by atoms with Crippen molar-refractivity contribution in [3.8, 4) is 5.69 Å². The average molecular weight is 337 g/mol. The highest BCUT2D eigenvalue weighted by Crippen LogP contribution is 2.22. The summed E-state index contributed by atoms with van der Waals surface area (Å²) in [6, 6.07) is 8.79. The zero-order chi connectivity index (χ0) is 17.2. The van der Waals surface area contributed by atoms with Crippen LogP contribution in [0.15, 0.2) is 30.3 Å². The molecule has 1 aromatic heterocycles. The molecule has 124 valence electrons. The lowest BCUT2D eigenvalue weighted by atomic mass is 10.1. The summed E-state index contributed by atoms with van der Waals surface area (Å²) in [7, 11) is 1.62. The number of para-hydroxylation sites is 1. The molecule has 0 spiro atoms. The summed E-state index contributed by atoms with van der Waals surface area (Å²) in [6.07, 6.45) is 0. The number of hydrogen-bond donors (Lipinski definition) is 2. The van der Waals surface area contributed by atoms with Gasteiger partial charge in [0, 0.05) is 18.8 Å². The van der Waals surface area contributed by atoms with Crippen LogP contribution >= 0.6 is 11.6 Å². The van der Waals surface area contributed by atoms with Crippen molar-refractivity contribution < 1.29 is 9.90 Å². The molecule has 0 radical (unpaired) electrons. The van der Waals surface area contributed by atoms with Gasteiger partial charge in [0.05, 0.1) is 22.9 Å². The van der Waals surface area contributed by atoms with Crippen molar-refractivity contribution in [3.63, 3.8) is 0 Å². The van der Waals surface area contributed by atoms with Crippen molar-refractivity contribution in [2.75, 3.05) is 18.9 Å². The first kappa shape index (κ1) is 17.3. The summed E-state index contributed by atoms with van der Waals surface area (Å²) in [5.41, 5.74) is 0.634. The number of anilines is 1. The molecular weight excluding hydrogens is 316 g/mol. The van der Waals surface area contributed by atoms with Gasteiger partial charge in [-0.25, -0.2) is 9.48 Å². The number of aromatic nitrogens is 2. The molecule has 0 aliphatic rings. The minimum absolute atomic E-state index is 0.211. The molecule has 0 fully saturated rings. The largest absolute Gasteiger partial charge is 0.389 e. The number of benzene rings is 1. The van der Waals surface area contributed by atoms with Crippen molar-refractivity contribution in [1.29, 1.82) is 0 Å². The van der Waals surface area contributed by atoms with Gasteiger partial charge in [0.15, 0.2) is 5.82 Å². The normalized spacial score (nSPS) is 11.4. The third-order valence-corrected chi connectivity index (χ3v) is 3.49. The molecule has 23 heavy (non-hydrogen) atoms. The monoisotopic (exact) mass is 336 g/mol. The average Bonchev–Trinajstić information content (AvgIpc) is 2.78. The van der Waals surface area contributed by atoms with Crippen LogP contribution in [0.2, 0.25) is 5.02 Å². The van der Waals surface area contributed by atoms with Crippen LogP contribution in [0.1, 0.15) is 19.5 Å². The Hall–Kier alpha value is -2.05. The summed E-state index contributed by atoms with van der Waals surface area (Å²) in [5, 5.41) is 17.4. The van der Waals surface area contributed by atoms with Gasteiger partial charge >= 0.3 is 6.03 Å². The second kappa shape index (κ2) is 6.60. The van der Waals surface area contributed by atoms with Gasteiger partial charge in [0.25, 0.3) is 0 Å². The molecule has 0 bridgehead atoms. The second-order valence-electron chi connectivity index (χ2n) is 6.13. The van der Waals surface area contributed by atoms with Crippen molar-refractivity contribution in [3.05, 3.63) is 41.0 Å². The van der Waals surface area contributed by atoms with E-state index in [2.05, 4.69) is 10.4 Å². The Labute approximate surface area is 140 Å². The van der Waals surface area contributed by atoms with Gasteiger partial charge in [-0.15, -0.1) is 5.10 Å². The molecule has 0 aliphatic heterocycles. The van der Waals surface area contributed by atoms with Crippen LogP contribution in [0.25, 0.3) is 5.69 Å². The summed E-state index contributed by atoms with van der Waals surface area (Å²) in [4.78, 5) is 13.5. The highest BCUT2D eigenvalue weighted by atomic mass is 35.5. The number of aliphatic hydroxyl groups is 1. The number of nitrogens with zero attached hydrogens (tertiary/aromatic N) is 3. The van der Waals surface area contributed by atoms with Gasteiger partial charge < -0.3 is 10.0 Å². The topological polar surface area (TPSA) is 70.4 Å². The van der Waals surface area contributed by atoms with Crippen LogP contribution < -0.4 is 5.32 Å². The molecule has 2 aromatic rings. The van der Waals surface area contributed by atoms with Crippen LogP contribution in [0.3, 0.4) is 0 Å². The fourth-order valence-electron chi connectivity index (χ4n) is 2.26. The predicted molar refractivity (Wildman–Crippen MR) is 91.3 cm³/mol. The Morgan fingerprint density at radius 1 is 1.43 bits per heavy atom. The van der Waals surface area contributed by atoms with E-state index in [1.807, 2.05) is 25.1 Å². The molecule has 1 aromatic carbocycles. The molecule has 0 aliphatic carbocycles. The third kappa shape index (κ3) is 4.46. The van der Waals surface area contributed by atoms with Gasteiger partial charge in [-0.05, 0) is 32.9 Å². The fourth-order valence-corrected chi connectivity index (χ4v) is 2.48. The maximum atomic E-state index is 12.1. The van der Waals surface area contributed by atoms with E-state index in [0.29, 0.717) is 10.8 Å². The zero-order valence-electron chi connectivity index (χ0n) is 13.7. The molecule has 0 unspecified atom stereocenters. The first-order valence-electron chi connectivity index (χ1n) is 7.23. The van der Waals surface area contributed by atoms with Gasteiger partial charge in [-0.3, -0.25) is 5.32 Å². The van der Waals surface area contributed by atoms with Crippen LogP contribution in [-0.2, 0) is 0 Å². The smallest absolute Gasteiger partial charge is 0.322 e. The quantitative estimate of drug-likeness (QED) is 0.901. The number of amides is 2. The summed E-state index contributed by atoms with van der Waals surface area (Å²) in [5.74, 6) is 0.426. The Balaban J connectivity index is 2.16. The Bertz CT molecular complexity index is 706. The Kier molecular flexibility index (Phi) is 4.97. The molecule has 0 atom stereocenters. The van der Waals surface area contributed by atoms with Gasteiger partial charge in [0.2, 0.25) is 0 Å². The third-order valence-electron chi connectivity index (χ3n) is 3.17. The molecule has 0 saturated heterocycles. The molecule has 2 rings (SSSR count). The van der Waals surface area contributed by atoms with Crippen LogP contribution in [0.4, 0.5) is 10.6 Å². The summed E-state index contributed by atoms with van der Waals surface area (Å²) >= 11 is 6.18. The van der Waals surface area contributed by atoms with E-state index in [9.17, 15) is 9.90 Å². The lowest BCUT2D eigenvalue weighted by Crippen LogP contribution is -2.41. The molecule has 2 N–H and O–H groups in total. The predicted octanol–water partition coefficient (Wildman–Crippen LogP) is 3.07.